The van der Waals surface area contributed by atoms with Gasteiger partial charge in [-0.3, -0.25) is 4.90 Å². The Kier molecular flexibility index (Phi) is 7.10. The molecule has 2 heteroatoms. The summed E-state index contributed by atoms with van der Waals surface area (Å²) in [7, 11) is 0. The van der Waals surface area contributed by atoms with Gasteiger partial charge in [0.25, 0.3) is 0 Å². The fourth-order valence-corrected chi connectivity index (χ4v) is 2.95. The second-order valence-corrected chi connectivity index (χ2v) is 6.02. The Hall–Kier alpha value is -0.860. The molecular weight excluding hydrogens is 244 g/mol. The van der Waals surface area contributed by atoms with E-state index >= 15 is 0 Å². The Labute approximate surface area is 124 Å². The Bertz CT molecular complexity index is 342. The molecule has 1 fully saturated rings. The molecule has 0 N–H and O–H groups in total. The van der Waals surface area contributed by atoms with Crippen molar-refractivity contribution in [1.82, 2.24) is 9.80 Å². The zero-order valence-electron chi connectivity index (χ0n) is 13.1. The summed E-state index contributed by atoms with van der Waals surface area (Å²) < 4.78 is 0. The average Bonchev–Trinajstić information content (AvgIpc) is 2.50. The number of rotatable bonds is 8. The highest BCUT2D eigenvalue weighted by atomic mass is 15.3. The molecule has 0 saturated carbocycles. The minimum atomic E-state index is 1.12. The number of piperazine rings is 1. The summed E-state index contributed by atoms with van der Waals surface area (Å²) in [6, 6.07) is 10.9. The van der Waals surface area contributed by atoms with Gasteiger partial charge in [0.2, 0.25) is 0 Å². The molecule has 1 aromatic carbocycles. The summed E-state index contributed by atoms with van der Waals surface area (Å²) >= 11 is 0. The van der Waals surface area contributed by atoms with Gasteiger partial charge in [-0.2, -0.15) is 0 Å². The fourth-order valence-electron chi connectivity index (χ4n) is 2.95. The van der Waals surface area contributed by atoms with E-state index in [1.165, 1.54) is 70.4 Å². The van der Waals surface area contributed by atoms with Crippen LogP contribution in [0.5, 0.6) is 0 Å². The largest absolute Gasteiger partial charge is 0.301 e. The molecule has 0 spiro atoms. The first-order valence-corrected chi connectivity index (χ1v) is 8.37. The smallest absolute Gasteiger partial charge is 0.0234 e. The highest BCUT2D eigenvalue weighted by Crippen LogP contribution is 2.10. The third-order valence-corrected chi connectivity index (χ3v) is 4.29. The molecule has 1 heterocycles. The molecule has 0 atom stereocenters. The standard InChI is InChI=1S/C18H30N2/c1-2-3-4-5-9-12-19-13-15-20(16-14-19)17-18-10-7-6-8-11-18/h6-8,10-11H,2-5,9,12-17H2,1H3. The lowest BCUT2D eigenvalue weighted by Crippen LogP contribution is -2.46. The van der Waals surface area contributed by atoms with Crippen molar-refractivity contribution in [2.75, 3.05) is 32.7 Å². The van der Waals surface area contributed by atoms with Crippen molar-refractivity contribution in [3.63, 3.8) is 0 Å². The van der Waals surface area contributed by atoms with Crippen LogP contribution < -0.4 is 0 Å². The summed E-state index contributed by atoms with van der Waals surface area (Å²) in [4.78, 5) is 5.23. The van der Waals surface area contributed by atoms with E-state index in [1.807, 2.05) is 0 Å². The molecule has 20 heavy (non-hydrogen) atoms. The fraction of sp³-hybridized carbons (Fsp3) is 0.667. The Morgan fingerprint density at radius 2 is 1.45 bits per heavy atom. The van der Waals surface area contributed by atoms with Gasteiger partial charge >= 0.3 is 0 Å². The molecule has 0 radical (unpaired) electrons. The van der Waals surface area contributed by atoms with E-state index in [2.05, 4.69) is 47.1 Å². The zero-order valence-corrected chi connectivity index (χ0v) is 13.1. The van der Waals surface area contributed by atoms with Crippen LogP contribution in [-0.4, -0.2) is 42.5 Å². The van der Waals surface area contributed by atoms with Crippen LogP contribution in [0.2, 0.25) is 0 Å². The van der Waals surface area contributed by atoms with Crippen LogP contribution in [0.25, 0.3) is 0 Å². The summed E-state index contributed by atoms with van der Waals surface area (Å²) in [5.74, 6) is 0. The minimum Gasteiger partial charge on any atom is -0.301 e. The Balaban J connectivity index is 1.58. The second-order valence-electron chi connectivity index (χ2n) is 6.02. The molecule has 1 aliphatic heterocycles. The minimum absolute atomic E-state index is 1.12. The number of nitrogens with zero attached hydrogens (tertiary/aromatic N) is 2. The molecule has 0 unspecified atom stereocenters. The SMILES string of the molecule is CCCCCCCN1CCN(Cc2ccccc2)CC1. The van der Waals surface area contributed by atoms with Gasteiger partial charge in [-0.05, 0) is 18.5 Å². The van der Waals surface area contributed by atoms with Crippen LogP contribution in [0, 0.1) is 0 Å². The van der Waals surface area contributed by atoms with Crippen molar-refractivity contribution >= 4 is 0 Å². The van der Waals surface area contributed by atoms with E-state index in [1.54, 1.807) is 0 Å². The van der Waals surface area contributed by atoms with E-state index in [0.29, 0.717) is 0 Å². The van der Waals surface area contributed by atoms with Crippen molar-refractivity contribution in [2.24, 2.45) is 0 Å². The van der Waals surface area contributed by atoms with Gasteiger partial charge in [0.15, 0.2) is 0 Å². The predicted molar refractivity (Wildman–Crippen MR) is 86.9 cm³/mol. The van der Waals surface area contributed by atoms with Gasteiger partial charge in [0.1, 0.15) is 0 Å². The van der Waals surface area contributed by atoms with E-state index in [-0.39, 0.29) is 0 Å². The predicted octanol–water partition coefficient (Wildman–Crippen LogP) is 3.77. The monoisotopic (exact) mass is 274 g/mol. The maximum absolute atomic E-state index is 2.65. The Morgan fingerprint density at radius 3 is 2.15 bits per heavy atom. The molecule has 112 valence electrons. The quantitative estimate of drug-likeness (QED) is 0.666. The summed E-state index contributed by atoms with van der Waals surface area (Å²) in [6.45, 7) is 9.66. The molecule has 1 saturated heterocycles. The Morgan fingerprint density at radius 1 is 0.800 bits per heavy atom. The molecule has 1 aromatic rings. The maximum atomic E-state index is 2.65. The topological polar surface area (TPSA) is 6.48 Å². The number of benzene rings is 1. The molecule has 0 bridgehead atoms. The van der Waals surface area contributed by atoms with E-state index in [0.717, 1.165) is 6.54 Å². The third-order valence-electron chi connectivity index (χ3n) is 4.29. The van der Waals surface area contributed by atoms with Crippen LogP contribution in [0.4, 0.5) is 0 Å². The number of unbranched alkanes of at least 4 members (excludes halogenated alkanes) is 4. The molecule has 1 aliphatic rings. The van der Waals surface area contributed by atoms with E-state index in [4.69, 9.17) is 0 Å². The van der Waals surface area contributed by atoms with Crippen LogP contribution in [-0.2, 0) is 6.54 Å². The number of hydrogen-bond acceptors (Lipinski definition) is 2. The summed E-state index contributed by atoms with van der Waals surface area (Å²) in [5.41, 5.74) is 1.44. The zero-order chi connectivity index (χ0) is 14.0. The molecule has 0 amide bonds. The highest BCUT2D eigenvalue weighted by molar-refractivity contribution is 5.14. The van der Waals surface area contributed by atoms with Crippen LogP contribution in [0.3, 0.4) is 0 Å². The highest BCUT2D eigenvalue weighted by Gasteiger charge is 2.16. The van der Waals surface area contributed by atoms with Gasteiger partial charge in [0, 0.05) is 32.7 Å². The second kappa shape index (κ2) is 9.15. The van der Waals surface area contributed by atoms with Crippen molar-refractivity contribution in [1.29, 1.82) is 0 Å². The van der Waals surface area contributed by atoms with E-state index < -0.39 is 0 Å². The van der Waals surface area contributed by atoms with E-state index in [9.17, 15) is 0 Å². The van der Waals surface area contributed by atoms with Gasteiger partial charge in [0.05, 0.1) is 0 Å². The van der Waals surface area contributed by atoms with Crippen LogP contribution in [0.15, 0.2) is 30.3 Å². The first kappa shape index (κ1) is 15.5. The molecular formula is C18H30N2. The van der Waals surface area contributed by atoms with Crippen LogP contribution >= 0.6 is 0 Å². The number of hydrogen-bond donors (Lipinski definition) is 0. The van der Waals surface area contributed by atoms with Crippen molar-refractivity contribution in [3.8, 4) is 0 Å². The summed E-state index contributed by atoms with van der Waals surface area (Å²) in [5, 5.41) is 0. The normalized spacial score (nSPS) is 17.4. The molecule has 2 rings (SSSR count). The lowest BCUT2D eigenvalue weighted by Gasteiger charge is -2.34. The van der Waals surface area contributed by atoms with Gasteiger partial charge in [-0.1, -0.05) is 62.9 Å². The van der Waals surface area contributed by atoms with Gasteiger partial charge in [-0.15, -0.1) is 0 Å². The van der Waals surface area contributed by atoms with Crippen molar-refractivity contribution in [2.45, 2.75) is 45.6 Å². The molecule has 0 aliphatic carbocycles. The maximum Gasteiger partial charge on any atom is 0.0234 e. The lowest BCUT2D eigenvalue weighted by atomic mass is 10.1. The lowest BCUT2D eigenvalue weighted by molar-refractivity contribution is 0.125. The molecule has 2 nitrogen and oxygen atoms in total. The molecule has 0 aromatic heterocycles. The average molecular weight is 274 g/mol. The first-order valence-electron chi connectivity index (χ1n) is 8.37. The van der Waals surface area contributed by atoms with Crippen molar-refractivity contribution < 1.29 is 0 Å². The van der Waals surface area contributed by atoms with Crippen molar-refractivity contribution in [3.05, 3.63) is 35.9 Å². The summed E-state index contributed by atoms with van der Waals surface area (Å²) in [6.07, 6.45) is 6.98. The third kappa shape index (κ3) is 5.64. The van der Waals surface area contributed by atoms with Gasteiger partial charge < -0.3 is 4.90 Å². The first-order chi connectivity index (χ1) is 9.88. The van der Waals surface area contributed by atoms with Crippen LogP contribution in [0.1, 0.15) is 44.6 Å². The van der Waals surface area contributed by atoms with Gasteiger partial charge in [-0.25, -0.2) is 0 Å².